The normalized spacial score (nSPS) is 12.0. The summed E-state index contributed by atoms with van der Waals surface area (Å²) in [7, 11) is -2.72. The maximum atomic E-state index is 11.2. The van der Waals surface area contributed by atoms with Crippen molar-refractivity contribution in [2.45, 2.75) is 24.3 Å². The van der Waals surface area contributed by atoms with Gasteiger partial charge in [-0.3, -0.25) is 10.1 Å². The second-order valence-corrected chi connectivity index (χ2v) is 6.44. The standard InChI is InChI=1S/C11H15N3O6S/c1-11(2,10(15)16)13(3)8-5-4-7(21(12,19)20)6-9(8)14(17)18/h4-6H,1-3H3,(H,15,16)(H2,12,19,20). The Balaban J connectivity index is 3.51. The van der Waals surface area contributed by atoms with Gasteiger partial charge in [0.1, 0.15) is 11.2 Å². The number of primary sulfonamides is 1. The molecule has 10 heteroatoms. The van der Waals surface area contributed by atoms with Crippen LogP contribution in [0.2, 0.25) is 0 Å². The summed E-state index contributed by atoms with van der Waals surface area (Å²) in [6, 6.07) is 3.05. The molecule has 0 radical (unpaired) electrons. The molecule has 0 heterocycles. The van der Waals surface area contributed by atoms with Gasteiger partial charge in [-0.25, -0.2) is 18.4 Å². The molecule has 9 nitrogen and oxygen atoms in total. The lowest BCUT2D eigenvalue weighted by atomic mass is 10.0. The van der Waals surface area contributed by atoms with Crippen molar-refractivity contribution in [1.82, 2.24) is 0 Å². The third-order valence-corrected chi connectivity index (χ3v) is 4.11. The number of rotatable bonds is 5. The molecule has 0 bridgehead atoms. The molecule has 0 aliphatic carbocycles. The van der Waals surface area contributed by atoms with Gasteiger partial charge in [-0.05, 0) is 26.0 Å². The van der Waals surface area contributed by atoms with E-state index in [1.54, 1.807) is 0 Å². The van der Waals surface area contributed by atoms with E-state index in [0.717, 1.165) is 18.2 Å². The van der Waals surface area contributed by atoms with Gasteiger partial charge in [0.15, 0.2) is 0 Å². The van der Waals surface area contributed by atoms with Crippen LogP contribution in [-0.4, -0.2) is 37.0 Å². The van der Waals surface area contributed by atoms with Crippen LogP contribution in [0, 0.1) is 10.1 Å². The molecule has 0 saturated heterocycles. The molecule has 116 valence electrons. The Hall–Kier alpha value is -2.20. The van der Waals surface area contributed by atoms with Gasteiger partial charge < -0.3 is 10.0 Å². The average Bonchev–Trinajstić information content (AvgIpc) is 2.35. The molecule has 0 saturated carbocycles. The summed E-state index contributed by atoms with van der Waals surface area (Å²) in [5.41, 5.74) is -1.99. The highest BCUT2D eigenvalue weighted by molar-refractivity contribution is 7.89. The minimum atomic E-state index is -4.09. The molecule has 0 spiro atoms. The lowest BCUT2D eigenvalue weighted by Crippen LogP contribution is -2.48. The molecule has 0 aliphatic heterocycles. The maximum Gasteiger partial charge on any atom is 0.328 e. The first-order chi connectivity index (χ1) is 9.39. The first-order valence-electron chi connectivity index (χ1n) is 5.67. The van der Waals surface area contributed by atoms with Gasteiger partial charge in [-0.2, -0.15) is 0 Å². The number of carboxylic acid groups (broad SMARTS) is 1. The van der Waals surface area contributed by atoms with Crippen molar-refractivity contribution in [3.63, 3.8) is 0 Å². The van der Waals surface area contributed by atoms with E-state index >= 15 is 0 Å². The Bertz CT molecular complexity index is 698. The highest BCUT2D eigenvalue weighted by Gasteiger charge is 2.35. The van der Waals surface area contributed by atoms with Crippen LogP contribution in [0.3, 0.4) is 0 Å². The topological polar surface area (TPSA) is 144 Å². The summed E-state index contributed by atoms with van der Waals surface area (Å²) in [4.78, 5) is 22.3. The van der Waals surface area contributed by atoms with Crippen LogP contribution in [0.1, 0.15) is 13.8 Å². The number of nitro benzene ring substituents is 1. The predicted molar refractivity (Wildman–Crippen MR) is 74.6 cm³/mol. The summed E-state index contributed by atoms with van der Waals surface area (Å²) in [5.74, 6) is -1.19. The number of carboxylic acids is 1. The largest absolute Gasteiger partial charge is 0.480 e. The summed E-state index contributed by atoms with van der Waals surface area (Å²) in [6.45, 7) is 2.74. The number of aliphatic carboxylic acids is 1. The summed E-state index contributed by atoms with van der Waals surface area (Å²) >= 11 is 0. The Morgan fingerprint density at radius 1 is 1.43 bits per heavy atom. The van der Waals surface area contributed by atoms with Crippen LogP contribution in [0.15, 0.2) is 23.1 Å². The Kier molecular flexibility index (Phi) is 4.25. The molecule has 0 fully saturated rings. The van der Waals surface area contributed by atoms with Gasteiger partial charge in [-0.1, -0.05) is 0 Å². The predicted octanol–water partition coefficient (Wildman–Crippen LogP) is 0.542. The van der Waals surface area contributed by atoms with Crippen molar-refractivity contribution in [2.24, 2.45) is 5.14 Å². The van der Waals surface area contributed by atoms with Gasteiger partial charge in [-0.15, -0.1) is 0 Å². The number of nitrogens with two attached hydrogens (primary N) is 1. The van der Waals surface area contributed by atoms with Crippen molar-refractivity contribution in [2.75, 3.05) is 11.9 Å². The minimum Gasteiger partial charge on any atom is -0.480 e. The van der Waals surface area contributed by atoms with Crippen LogP contribution >= 0.6 is 0 Å². The fraction of sp³-hybridized carbons (Fsp3) is 0.364. The third-order valence-electron chi connectivity index (χ3n) is 3.20. The van der Waals surface area contributed by atoms with Crippen molar-refractivity contribution >= 4 is 27.4 Å². The van der Waals surface area contributed by atoms with E-state index in [2.05, 4.69) is 0 Å². The molecule has 3 N–H and O–H groups in total. The molecule has 21 heavy (non-hydrogen) atoms. The van der Waals surface area contributed by atoms with E-state index in [-0.39, 0.29) is 5.69 Å². The Labute approximate surface area is 121 Å². The molecular weight excluding hydrogens is 302 g/mol. The summed E-state index contributed by atoms with van der Waals surface area (Å²) in [5, 5.41) is 25.2. The first kappa shape index (κ1) is 16.9. The van der Waals surface area contributed by atoms with Crippen LogP contribution in [-0.2, 0) is 14.8 Å². The molecule has 0 aromatic heterocycles. The average molecular weight is 317 g/mol. The molecule has 1 aromatic rings. The monoisotopic (exact) mass is 317 g/mol. The number of benzene rings is 1. The fourth-order valence-corrected chi connectivity index (χ4v) is 2.09. The zero-order valence-corrected chi connectivity index (χ0v) is 12.4. The Morgan fingerprint density at radius 2 is 1.95 bits per heavy atom. The van der Waals surface area contributed by atoms with E-state index < -0.39 is 37.0 Å². The third kappa shape index (κ3) is 3.28. The molecular formula is C11H15N3O6S. The van der Waals surface area contributed by atoms with E-state index in [9.17, 15) is 23.3 Å². The maximum absolute atomic E-state index is 11.2. The lowest BCUT2D eigenvalue weighted by Gasteiger charge is -2.33. The summed E-state index contributed by atoms with van der Waals surface area (Å²) in [6.07, 6.45) is 0. The second-order valence-electron chi connectivity index (χ2n) is 4.88. The number of nitrogens with zero attached hydrogens (tertiary/aromatic N) is 2. The van der Waals surface area contributed by atoms with Crippen molar-refractivity contribution < 1.29 is 23.2 Å². The molecule has 1 rings (SSSR count). The molecule has 0 aliphatic rings. The number of carbonyl (C=O) groups is 1. The minimum absolute atomic E-state index is 0.0280. The van der Waals surface area contributed by atoms with Crippen LogP contribution in [0.25, 0.3) is 0 Å². The van der Waals surface area contributed by atoms with E-state index in [1.807, 2.05) is 0 Å². The first-order valence-corrected chi connectivity index (χ1v) is 7.22. The molecule has 0 amide bonds. The molecule has 1 aromatic carbocycles. The SMILES string of the molecule is CN(c1ccc(S(N)(=O)=O)cc1[N+](=O)[O-])C(C)(C)C(=O)O. The van der Waals surface area contributed by atoms with E-state index in [1.165, 1.54) is 25.8 Å². The molecule has 0 atom stereocenters. The van der Waals surface area contributed by atoms with Gasteiger partial charge in [0.25, 0.3) is 5.69 Å². The van der Waals surface area contributed by atoms with Gasteiger partial charge in [0.05, 0.1) is 9.82 Å². The van der Waals surface area contributed by atoms with Crippen LogP contribution < -0.4 is 10.0 Å². The zero-order valence-electron chi connectivity index (χ0n) is 11.6. The van der Waals surface area contributed by atoms with Gasteiger partial charge >= 0.3 is 5.97 Å². The number of sulfonamides is 1. The van der Waals surface area contributed by atoms with Crippen molar-refractivity contribution in [1.29, 1.82) is 0 Å². The smallest absolute Gasteiger partial charge is 0.328 e. The highest BCUT2D eigenvalue weighted by atomic mass is 32.2. The number of likely N-dealkylation sites (N-methyl/N-ethyl adjacent to an activating group) is 1. The van der Waals surface area contributed by atoms with Crippen LogP contribution in [0.4, 0.5) is 11.4 Å². The second kappa shape index (κ2) is 5.30. The molecule has 0 unspecified atom stereocenters. The summed E-state index contributed by atoms with van der Waals surface area (Å²) < 4.78 is 22.5. The number of hydrogen-bond donors (Lipinski definition) is 2. The fourth-order valence-electron chi connectivity index (χ4n) is 1.55. The van der Waals surface area contributed by atoms with Crippen molar-refractivity contribution in [3.8, 4) is 0 Å². The van der Waals surface area contributed by atoms with Gasteiger partial charge in [0.2, 0.25) is 10.0 Å². The quantitative estimate of drug-likeness (QED) is 0.595. The number of nitro groups is 1. The Morgan fingerprint density at radius 3 is 2.33 bits per heavy atom. The highest BCUT2D eigenvalue weighted by Crippen LogP contribution is 2.33. The van der Waals surface area contributed by atoms with E-state index in [4.69, 9.17) is 10.2 Å². The number of anilines is 1. The zero-order chi connectivity index (χ0) is 16.6. The van der Waals surface area contributed by atoms with Crippen molar-refractivity contribution in [3.05, 3.63) is 28.3 Å². The van der Waals surface area contributed by atoms with Crippen LogP contribution in [0.5, 0.6) is 0 Å². The lowest BCUT2D eigenvalue weighted by molar-refractivity contribution is -0.384. The van der Waals surface area contributed by atoms with Gasteiger partial charge in [0, 0.05) is 13.1 Å². The van der Waals surface area contributed by atoms with E-state index in [0.29, 0.717) is 0 Å². The number of hydrogen-bond acceptors (Lipinski definition) is 6.